The van der Waals surface area contributed by atoms with Crippen LogP contribution >= 0.6 is 12.2 Å². The second kappa shape index (κ2) is 9.19. The second-order valence-electron chi connectivity index (χ2n) is 8.62. The third-order valence-corrected chi connectivity index (χ3v) is 6.70. The van der Waals surface area contributed by atoms with E-state index in [9.17, 15) is 4.79 Å². The molecular formula is C25H31N3O4S. The number of rotatable bonds is 7. The van der Waals surface area contributed by atoms with Gasteiger partial charge in [0.2, 0.25) is 5.91 Å². The van der Waals surface area contributed by atoms with Crippen LogP contribution in [0.4, 0.5) is 5.69 Å². The zero-order valence-electron chi connectivity index (χ0n) is 19.7. The molecule has 0 unspecified atom stereocenters. The summed E-state index contributed by atoms with van der Waals surface area (Å²) in [6.45, 7) is 9.30. The van der Waals surface area contributed by atoms with Gasteiger partial charge < -0.3 is 29.7 Å². The first-order valence-electron chi connectivity index (χ1n) is 11.2. The molecule has 0 saturated carbocycles. The predicted octanol–water partition coefficient (Wildman–Crippen LogP) is 3.94. The first-order chi connectivity index (χ1) is 15.8. The van der Waals surface area contributed by atoms with Crippen LogP contribution in [0.1, 0.15) is 36.6 Å². The van der Waals surface area contributed by atoms with Gasteiger partial charge in [-0.2, -0.15) is 0 Å². The highest BCUT2D eigenvalue weighted by Crippen LogP contribution is 2.51. The van der Waals surface area contributed by atoms with Gasteiger partial charge in [-0.1, -0.05) is 29.8 Å². The maximum Gasteiger partial charge on any atom is 0.236 e. The number of ether oxygens (including phenoxy) is 3. The van der Waals surface area contributed by atoms with E-state index in [-0.39, 0.29) is 11.9 Å². The van der Waals surface area contributed by atoms with E-state index in [2.05, 4.69) is 16.7 Å². The fraction of sp³-hybridized carbons (Fsp3) is 0.440. The number of hydrogen-bond acceptors (Lipinski definition) is 5. The lowest BCUT2D eigenvalue weighted by molar-refractivity contribution is -0.150. The number of thiocarbonyl (C=S) groups is 1. The first-order valence-corrected chi connectivity index (χ1v) is 11.6. The third kappa shape index (κ3) is 4.13. The van der Waals surface area contributed by atoms with Crippen LogP contribution in [0.15, 0.2) is 36.4 Å². The number of aryl methyl sites for hydroxylation is 2. The summed E-state index contributed by atoms with van der Waals surface area (Å²) in [5.74, 6) is 0.575. The second-order valence-corrected chi connectivity index (χ2v) is 9.01. The molecule has 2 aliphatic rings. The molecule has 33 heavy (non-hydrogen) atoms. The van der Waals surface area contributed by atoms with Gasteiger partial charge >= 0.3 is 0 Å². The number of anilines is 1. The Hall–Kier alpha value is -2.84. The summed E-state index contributed by atoms with van der Waals surface area (Å²) in [6, 6.07) is 11.4. The fourth-order valence-corrected chi connectivity index (χ4v) is 5.18. The first kappa shape index (κ1) is 23.3. The van der Waals surface area contributed by atoms with Gasteiger partial charge in [-0.05, 0) is 57.6 Å². The quantitative estimate of drug-likeness (QED) is 0.595. The number of para-hydroxylation sites is 1. The van der Waals surface area contributed by atoms with Crippen molar-refractivity contribution in [1.29, 1.82) is 0 Å². The minimum atomic E-state index is -1.03. The Labute approximate surface area is 200 Å². The molecule has 4 rings (SSSR count). The molecule has 176 valence electrons. The van der Waals surface area contributed by atoms with Crippen LogP contribution in [0, 0.1) is 19.8 Å². The van der Waals surface area contributed by atoms with Gasteiger partial charge in [0.1, 0.15) is 5.92 Å². The molecule has 2 N–H and O–H groups in total. The number of methoxy groups -OCH3 is 1. The molecule has 2 aromatic carbocycles. The molecule has 0 aliphatic carbocycles. The maximum atomic E-state index is 13.8. The zero-order chi connectivity index (χ0) is 23.8. The van der Waals surface area contributed by atoms with Crippen molar-refractivity contribution in [2.24, 2.45) is 5.92 Å². The van der Waals surface area contributed by atoms with Crippen molar-refractivity contribution in [1.82, 2.24) is 10.2 Å². The van der Waals surface area contributed by atoms with Crippen LogP contribution in [0.5, 0.6) is 11.5 Å². The van der Waals surface area contributed by atoms with Gasteiger partial charge in [0, 0.05) is 24.9 Å². The van der Waals surface area contributed by atoms with E-state index in [4.69, 9.17) is 26.4 Å². The minimum absolute atomic E-state index is 0.140. The van der Waals surface area contributed by atoms with Crippen LogP contribution in [0.25, 0.3) is 0 Å². The molecule has 1 saturated heterocycles. The molecule has 1 amide bonds. The van der Waals surface area contributed by atoms with E-state index >= 15 is 0 Å². The van der Waals surface area contributed by atoms with E-state index in [0.717, 1.165) is 22.4 Å². The number of amides is 1. The summed E-state index contributed by atoms with van der Waals surface area (Å²) in [5, 5.41) is 7.07. The number of nitrogens with zero attached hydrogens (tertiary/aromatic N) is 1. The largest absolute Gasteiger partial charge is 0.490 e. The van der Waals surface area contributed by atoms with Crippen LogP contribution in [-0.4, -0.2) is 48.5 Å². The van der Waals surface area contributed by atoms with Crippen molar-refractivity contribution < 1.29 is 19.0 Å². The van der Waals surface area contributed by atoms with E-state index in [1.807, 2.05) is 62.9 Å². The number of nitrogens with one attached hydrogen (secondary N) is 2. The lowest BCUT2D eigenvalue weighted by atomic mass is 9.78. The average Bonchev–Trinajstić information content (AvgIpc) is 2.76. The molecule has 0 spiro atoms. The van der Waals surface area contributed by atoms with Crippen LogP contribution in [0.3, 0.4) is 0 Å². The van der Waals surface area contributed by atoms with Gasteiger partial charge in [0.15, 0.2) is 22.3 Å². The Morgan fingerprint density at radius 1 is 1.30 bits per heavy atom. The number of carbonyl (C=O) groups excluding carboxylic acids is 1. The van der Waals surface area contributed by atoms with E-state index in [1.165, 1.54) is 0 Å². The molecule has 8 heteroatoms. The average molecular weight is 470 g/mol. The molecular weight excluding hydrogens is 438 g/mol. The van der Waals surface area contributed by atoms with Crippen molar-refractivity contribution >= 4 is 28.9 Å². The smallest absolute Gasteiger partial charge is 0.236 e. The highest BCUT2D eigenvalue weighted by Gasteiger charge is 2.59. The fourth-order valence-electron chi connectivity index (χ4n) is 4.78. The molecule has 2 aromatic rings. The Morgan fingerprint density at radius 2 is 2.09 bits per heavy atom. The van der Waals surface area contributed by atoms with Gasteiger partial charge in [0.05, 0.1) is 19.3 Å². The van der Waals surface area contributed by atoms with E-state index in [1.54, 1.807) is 7.11 Å². The Morgan fingerprint density at radius 3 is 2.79 bits per heavy atom. The zero-order valence-corrected chi connectivity index (χ0v) is 20.5. The van der Waals surface area contributed by atoms with Crippen molar-refractivity contribution in [3.63, 3.8) is 0 Å². The lowest BCUT2D eigenvalue weighted by Gasteiger charge is -2.56. The Balaban J connectivity index is 1.78. The molecule has 2 bridgehead atoms. The van der Waals surface area contributed by atoms with Crippen LogP contribution in [-0.2, 0) is 9.53 Å². The summed E-state index contributed by atoms with van der Waals surface area (Å²) >= 11 is 5.70. The van der Waals surface area contributed by atoms with Gasteiger partial charge in [-0.25, -0.2) is 0 Å². The van der Waals surface area contributed by atoms with Crippen molar-refractivity contribution in [3.05, 3.63) is 53.1 Å². The molecule has 2 aliphatic heterocycles. The summed E-state index contributed by atoms with van der Waals surface area (Å²) in [5.41, 5.74) is 2.76. The predicted molar refractivity (Wildman–Crippen MR) is 132 cm³/mol. The number of benzene rings is 2. The molecule has 1 fully saturated rings. The maximum absolute atomic E-state index is 13.8. The van der Waals surface area contributed by atoms with Crippen molar-refractivity contribution in [3.8, 4) is 11.5 Å². The highest BCUT2D eigenvalue weighted by molar-refractivity contribution is 7.80. The Kier molecular flexibility index (Phi) is 6.50. The number of hydrogen-bond donors (Lipinski definition) is 2. The summed E-state index contributed by atoms with van der Waals surface area (Å²) in [4.78, 5) is 15.7. The summed E-state index contributed by atoms with van der Waals surface area (Å²) in [7, 11) is 1.64. The van der Waals surface area contributed by atoms with Crippen molar-refractivity contribution in [2.45, 2.75) is 39.5 Å². The highest BCUT2D eigenvalue weighted by atomic mass is 32.1. The monoisotopic (exact) mass is 469 g/mol. The van der Waals surface area contributed by atoms with Crippen molar-refractivity contribution in [2.75, 3.05) is 32.2 Å². The molecule has 7 nitrogen and oxygen atoms in total. The number of carbonyl (C=O) groups is 1. The Bertz CT molecular complexity index is 1080. The third-order valence-electron chi connectivity index (χ3n) is 6.36. The molecule has 3 atom stereocenters. The molecule has 2 heterocycles. The van der Waals surface area contributed by atoms with Crippen LogP contribution in [0.2, 0.25) is 0 Å². The standard InChI is InChI=1S/C25H31N3O4S/c1-6-31-19-9-7-8-17-21-20(23(29)26-18-11-10-15(2)14-16(18)3)25(4,32-22(17)19)28(12-13-30-5)24(33)27-21/h7-11,14,20-21H,6,12-13H2,1-5H3,(H,26,29)(H,27,33)/t20-,21-,25-/m0/s1. The summed E-state index contributed by atoms with van der Waals surface area (Å²) < 4.78 is 17.8. The topological polar surface area (TPSA) is 72.1 Å². The van der Waals surface area contributed by atoms with E-state index in [0.29, 0.717) is 36.4 Å². The molecule has 0 radical (unpaired) electrons. The lowest BCUT2D eigenvalue weighted by Crippen LogP contribution is -2.72. The van der Waals surface area contributed by atoms with E-state index < -0.39 is 11.6 Å². The van der Waals surface area contributed by atoms with Gasteiger partial charge in [-0.3, -0.25) is 4.79 Å². The molecule has 0 aromatic heterocycles. The van der Waals surface area contributed by atoms with Gasteiger partial charge in [0.25, 0.3) is 0 Å². The summed E-state index contributed by atoms with van der Waals surface area (Å²) in [6.07, 6.45) is 0. The normalized spacial score (nSPS) is 23.3. The van der Waals surface area contributed by atoms with Crippen LogP contribution < -0.4 is 20.1 Å². The van der Waals surface area contributed by atoms with Gasteiger partial charge in [-0.15, -0.1) is 0 Å². The SMILES string of the molecule is CCOc1cccc2c1O[C@@]1(C)[C@H](C(=O)Nc3ccc(C)cc3C)[C@H]2NC(=S)N1CCOC. The minimum Gasteiger partial charge on any atom is -0.490 e. The number of fused-ring (bicyclic) bond motifs is 4.